The number of halogens is 1. The summed E-state index contributed by atoms with van der Waals surface area (Å²) in [6.45, 7) is 2.32. The normalized spacial score (nSPS) is 20.9. The van der Waals surface area contributed by atoms with Crippen molar-refractivity contribution in [1.82, 2.24) is 4.90 Å². The Morgan fingerprint density at radius 2 is 2.11 bits per heavy atom. The van der Waals surface area contributed by atoms with Gasteiger partial charge in [0.25, 0.3) is 0 Å². The average Bonchev–Trinajstić information content (AvgIpc) is 2.38. The van der Waals surface area contributed by atoms with Gasteiger partial charge in [-0.2, -0.15) is 0 Å². The van der Waals surface area contributed by atoms with Crippen molar-refractivity contribution in [2.75, 3.05) is 32.1 Å². The third-order valence-corrected chi connectivity index (χ3v) is 4.30. The Labute approximate surface area is 116 Å². The second-order valence-electron chi connectivity index (χ2n) is 5.29. The first-order valence-electron chi connectivity index (χ1n) is 6.84. The lowest BCUT2D eigenvalue weighted by Crippen LogP contribution is -2.38. The van der Waals surface area contributed by atoms with Gasteiger partial charge in [-0.3, -0.25) is 0 Å². The fourth-order valence-corrected chi connectivity index (χ4v) is 3.01. The number of likely N-dealkylation sites (tertiary alicyclic amines) is 1. The molecule has 1 atom stereocenters. The van der Waals surface area contributed by atoms with Gasteiger partial charge in [-0.15, -0.1) is 0 Å². The van der Waals surface area contributed by atoms with Crippen LogP contribution < -0.4 is 4.90 Å². The van der Waals surface area contributed by atoms with Crippen molar-refractivity contribution in [3.8, 4) is 0 Å². The van der Waals surface area contributed by atoms with Gasteiger partial charge in [0.2, 0.25) is 0 Å². The van der Waals surface area contributed by atoms with Crippen LogP contribution in [0.2, 0.25) is 5.02 Å². The van der Waals surface area contributed by atoms with E-state index < -0.39 is 0 Å². The minimum atomic E-state index is 0.740. The summed E-state index contributed by atoms with van der Waals surface area (Å²) in [5.74, 6) is 0. The fourth-order valence-electron chi connectivity index (χ4n) is 2.73. The van der Waals surface area contributed by atoms with Gasteiger partial charge in [0.05, 0.1) is 10.7 Å². The molecule has 1 aromatic carbocycles. The Morgan fingerprint density at radius 1 is 1.33 bits per heavy atom. The molecule has 100 valence electrons. The first-order valence-corrected chi connectivity index (χ1v) is 7.22. The molecule has 0 spiro atoms. The standard InChI is InChI=1S/C15H23ClN2/c1-17-11-6-5-7-13(17)10-12-18(2)15-9-4-3-8-14(15)16/h3-4,8-9,13H,5-7,10-12H2,1-2H3. The summed E-state index contributed by atoms with van der Waals surface area (Å²) in [5.41, 5.74) is 1.14. The summed E-state index contributed by atoms with van der Waals surface area (Å²) < 4.78 is 0. The highest BCUT2D eigenvalue weighted by Gasteiger charge is 2.19. The van der Waals surface area contributed by atoms with E-state index in [1.807, 2.05) is 18.2 Å². The number of nitrogens with zero attached hydrogens (tertiary/aromatic N) is 2. The molecule has 0 N–H and O–H groups in total. The van der Waals surface area contributed by atoms with Crippen molar-refractivity contribution < 1.29 is 0 Å². The lowest BCUT2D eigenvalue weighted by Gasteiger charge is -2.34. The molecule has 1 fully saturated rings. The van der Waals surface area contributed by atoms with Crippen molar-refractivity contribution in [1.29, 1.82) is 0 Å². The maximum Gasteiger partial charge on any atom is 0.0639 e. The zero-order valence-electron chi connectivity index (χ0n) is 11.4. The number of hydrogen-bond acceptors (Lipinski definition) is 2. The van der Waals surface area contributed by atoms with Crippen LogP contribution in [-0.4, -0.2) is 38.1 Å². The summed E-state index contributed by atoms with van der Waals surface area (Å²) in [6, 6.07) is 8.81. The predicted octanol–water partition coefficient (Wildman–Crippen LogP) is 3.65. The quantitative estimate of drug-likeness (QED) is 0.821. The van der Waals surface area contributed by atoms with Crippen LogP contribution in [0.3, 0.4) is 0 Å². The lowest BCUT2D eigenvalue weighted by molar-refractivity contribution is 0.178. The van der Waals surface area contributed by atoms with E-state index in [2.05, 4.69) is 30.0 Å². The van der Waals surface area contributed by atoms with E-state index in [1.165, 1.54) is 32.2 Å². The van der Waals surface area contributed by atoms with Gasteiger partial charge in [-0.25, -0.2) is 0 Å². The van der Waals surface area contributed by atoms with Crippen LogP contribution >= 0.6 is 11.6 Å². The van der Waals surface area contributed by atoms with Gasteiger partial charge in [-0.1, -0.05) is 30.2 Å². The van der Waals surface area contributed by atoms with Crippen molar-refractivity contribution in [3.05, 3.63) is 29.3 Å². The molecule has 0 bridgehead atoms. The molecule has 1 aliphatic heterocycles. The fraction of sp³-hybridized carbons (Fsp3) is 0.600. The van der Waals surface area contributed by atoms with Crippen LogP contribution in [0.15, 0.2) is 24.3 Å². The molecule has 1 heterocycles. The Kier molecular flexibility index (Phi) is 4.90. The number of anilines is 1. The Morgan fingerprint density at radius 3 is 2.83 bits per heavy atom. The topological polar surface area (TPSA) is 6.48 Å². The maximum absolute atomic E-state index is 6.22. The number of para-hydroxylation sites is 1. The van der Waals surface area contributed by atoms with Crippen LogP contribution in [0.25, 0.3) is 0 Å². The third kappa shape index (κ3) is 3.39. The Bertz CT molecular complexity index is 381. The van der Waals surface area contributed by atoms with E-state index in [1.54, 1.807) is 0 Å². The second-order valence-corrected chi connectivity index (χ2v) is 5.70. The predicted molar refractivity (Wildman–Crippen MR) is 79.6 cm³/mol. The maximum atomic E-state index is 6.22. The molecular formula is C15H23ClN2. The van der Waals surface area contributed by atoms with Crippen LogP contribution in [0.1, 0.15) is 25.7 Å². The second kappa shape index (κ2) is 6.44. The SMILES string of the molecule is CN(CCC1CCCCN1C)c1ccccc1Cl. The summed E-state index contributed by atoms with van der Waals surface area (Å²) >= 11 is 6.22. The van der Waals surface area contributed by atoms with Crippen molar-refractivity contribution >= 4 is 17.3 Å². The highest BCUT2D eigenvalue weighted by atomic mass is 35.5. The van der Waals surface area contributed by atoms with E-state index in [0.717, 1.165) is 23.3 Å². The molecule has 18 heavy (non-hydrogen) atoms. The molecule has 0 saturated carbocycles. The van der Waals surface area contributed by atoms with Crippen molar-refractivity contribution in [3.63, 3.8) is 0 Å². The molecule has 2 nitrogen and oxygen atoms in total. The van der Waals surface area contributed by atoms with Gasteiger partial charge in [0.15, 0.2) is 0 Å². The molecule has 2 rings (SSSR count). The molecule has 1 unspecified atom stereocenters. The Balaban J connectivity index is 1.88. The molecule has 0 aromatic heterocycles. The number of hydrogen-bond donors (Lipinski definition) is 0. The van der Waals surface area contributed by atoms with Crippen LogP contribution in [0, 0.1) is 0 Å². The van der Waals surface area contributed by atoms with Gasteiger partial charge >= 0.3 is 0 Å². The molecule has 0 amide bonds. The summed E-state index contributed by atoms with van der Waals surface area (Å²) in [5, 5.41) is 0.844. The molecule has 1 aromatic rings. The largest absolute Gasteiger partial charge is 0.373 e. The van der Waals surface area contributed by atoms with Gasteiger partial charge in [-0.05, 0) is 45.0 Å². The van der Waals surface area contributed by atoms with Gasteiger partial charge in [0.1, 0.15) is 0 Å². The minimum absolute atomic E-state index is 0.740. The summed E-state index contributed by atoms with van der Waals surface area (Å²) in [7, 11) is 4.38. The summed E-state index contributed by atoms with van der Waals surface area (Å²) in [6.07, 6.45) is 5.29. The van der Waals surface area contributed by atoms with Crippen molar-refractivity contribution in [2.24, 2.45) is 0 Å². The minimum Gasteiger partial charge on any atom is -0.373 e. The lowest BCUT2D eigenvalue weighted by atomic mass is 10.00. The van der Waals surface area contributed by atoms with E-state index in [9.17, 15) is 0 Å². The smallest absolute Gasteiger partial charge is 0.0639 e. The molecule has 1 aliphatic rings. The highest BCUT2D eigenvalue weighted by Crippen LogP contribution is 2.25. The van der Waals surface area contributed by atoms with Crippen LogP contribution in [-0.2, 0) is 0 Å². The average molecular weight is 267 g/mol. The number of rotatable bonds is 4. The molecule has 1 saturated heterocycles. The number of benzene rings is 1. The van der Waals surface area contributed by atoms with Crippen molar-refractivity contribution in [2.45, 2.75) is 31.7 Å². The zero-order chi connectivity index (χ0) is 13.0. The summed E-state index contributed by atoms with van der Waals surface area (Å²) in [4.78, 5) is 4.77. The molecule has 0 aliphatic carbocycles. The van der Waals surface area contributed by atoms with E-state index >= 15 is 0 Å². The zero-order valence-corrected chi connectivity index (χ0v) is 12.2. The number of piperidine rings is 1. The molecular weight excluding hydrogens is 244 g/mol. The highest BCUT2D eigenvalue weighted by molar-refractivity contribution is 6.33. The first kappa shape index (κ1) is 13.7. The van der Waals surface area contributed by atoms with E-state index in [-0.39, 0.29) is 0 Å². The molecule has 0 radical (unpaired) electrons. The monoisotopic (exact) mass is 266 g/mol. The first-order chi connectivity index (χ1) is 8.68. The third-order valence-electron chi connectivity index (χ3n) is 3.98. The van der Waals surface area contributed by atoms with Crippen LogP contribution in [0.5, 0.6) is 0 Å². The van der Waals surface area contributed by atoms with Gasteiger partial charge < -0.3 is 9.80 Å². The van der Waals surface area contributed by atoms with E-state index in [0.29, 0.717) is 0 Å². The van der Waals surface area contributed by atoms with Gasteiger partial charge in [0, 0.05) is 19.6 Å². The molecule has 3 heteroatoms. The van der Waals surface area contributed by atoms with E-state index in [4.69, 9.17) is 11.6 Å². The van der Waals surface area contributed by atoms with Crippen LogP contribution in [0.4, 0.5) is 5.69 Å². The Hall–Kier alpha value is -0.730.